The Morgan fingerprint density at radius 3 is 2.82 bits per heavy atom. The number of hydrogen-bond donors (Lipinski definition) is 2. The van der Waals surface area contributed by atoms with Crippen molar-refractivity contribution >= 4 is 15.9 Å². The molecule has 0 heterocycles. The summed E-state index contributed by atoms with van der Waals surface area (Å²) in [6.45, 7) is 3.89. The Morgan fingerprint density at radius 1 is 1.47 bits per heavy atom. The highest BCUT2D eigenvalue weighted by molar-refractivity contribution is 9.10. The van der Waals surface area contributed by atoms with Crippen LogP contribution in [0.2, 0.25) is 0 Å². The summed E-state index contributed by atoms with van der Waals surface area (Å²) in [5, 5.41) is 12.4. The molecule has 1 unspecified atom stereocenters. The third-order valence-corrected chi connectivity index (χ3v) is 3.32. The number of rotatable bonds is 7. The summed E-state index contributed by atoms with van der Waals surface area (Å²) in [4.78, 5) is 0. The fourth-order valence-corrected chi connectivity index (χ4v) is 2.04. The number of aliphatic hydroxyl groups excluding tert-OH is 1. The predicted molar refractivity (Wildman–Crippen MR) is 73.3 cm³/mol. The maximum Gasteiger partial charge on any atom is 0.123 e. The van der Waals surface area contributed by atoms with Crippen LogP contribution in [0.5, 0.6) is 5.75 Å². The number of benzene rings is 1. The van der Waals surface area contributed by atoms with Crippen molar-refractivity contribution in [2.45, 2.75) is 19.9 Å². The summed E-state index contributed by atoms with van der Waals surface area (Å²) in [7, 11) is 1.68. The summed E-state index contributed by atoms with van der Waals surface area (Å²) in [5.74, 6) is 1.21. The van der Waals surface area contributed by atoms with Crippen molar-refractivity contribution in [2.75, 3.05) is 20.3 Å². The van der Waals surface area contributed by atoms with Crippen LogP contribution < -0.4 is 10.1 Å². The molecule has 0 bridgehead atoms. The zero-order chi connectivity index (χ0) is 12.7. The smallest absolute Gasteiger partial charge is 0.123 e. The molecule has 1 rings (SSSR count). The molecule has 1 aromatic carbocycles. The number of hydrogen-bond acceptors (Lipinski definition) is 3. The number of aliphatic hydroxyl groups is 1. The summed E-state index contributed by atoms with van der Waals surface area (Å²) >= 11 is 3.45. The average molecular weight is 302 g/mol. The largest absolute Gasteiger partial charge is 0.496 e. The van der Waals surface area contributed by atoms with E-state index >= 15 is 0 Å². The van der Waals surface area contributed by atoms with Gasteiger partial charge >= 0.3 is 0 Å². The lowest BCUT2D eigenvalue weighted by Gasteiger charge is -2.14. The molecule has 1 atom stereocenters. The quantitative estimate of drug-likeness (QED) is 0.813. The molecular weight excluding hydrogens is 282 g/mol. The molecule has 1 aromatic rings. The maximum absolute atomic E-state index is 9.10. The Labute approximate surface area is 111 Å². The summed E-state index contributed by atoms with van der Waals surface area (Å²) in [6, 6.07) is 5.96. The monoisotopic (exact) mass is 301 g/mol. The van der Waals surface area contributed by atoms with Crippen molar-refractivity contribution in [1.82, 2.24) is 5.32 Å². The summed E-state index contributed by atoms with van der Waals surface area (Å²) in [6.07, 6.45) is 0.985. The maximum atomic E-state index is 9.10. The van der Waals surface area contributed by atoms with Gasteiger partial charge in [0.1, 0.15) is 5.75 Å². The van der Waals surface area contributed by atoms with Gasteiger partial charge in [0.25, 0.3) is 0 Å². The van der Waals surface area contributed by atoms with Crippen LogP contribution in [0.3, 0.4) is 0 Å². The van der Waals surface area contributed by atoms with Gasteiger partial charge in [0.2, 0.25) is 0 Å². The molecule has 4 heteroatoms. The molecule has 0 aliphatic carbocycles. The Morgan fingerprint density at radius 2 is 2.24 bits per heavy atom. The first-order chi connectivity index (χ1) is 8.21. The van der Waals surface area contributed by atoms with E-state index in [4.69, 9.17) is 9.84 Å². The second-order valence-corrected chi connectivity index (χ2v) is 4.96. The average Bonchev–Trinajstić information content (AvgIpc) is 2.35. The van der Waals surface area contributed by atoms with E-state index in [1.165, 1.54) is 0 Å². The lowest BCUT2D eigenvalue weighted by Crippen LogP contribution is -2.24. The summed E-state index contributed by atoms with van der Waals surface area (Å²) in [5.41, 5.74) is 1.12. The molecule has 0 aliphatic rings. The zero-order valence-electron chi connectivity index (χ0n) is 10.4. The van der Waals surface area contributed by atoms with Crippen LogP contribution in [0.15, 0.2) is 22.7 Å². The van der Waals surface area contributed by atoms with Crippen LogP contribution in [-0.2, 0) is 6.54 Å². The number of nitrogens with one attached hydrogen (secondary N) is 1. The molecule has 0 saturated carbocycles. The molecule has 0 spiro atoms. The standard InChI is InChI=1S/C13H20BrNO2/c1-3-10(9-16)7-15-8-11-6-12(14)4-5-13(11)17-2/h4-6,10,15-16H,3,7-9H2,1-2H3. The third kappa shape index (κ3) is 4.66. The van der Waals surface area contributed by atoms with E-state index < -0.39 is 0 Å². The second kappa shape index (κ2) is 7.69. The predicted octanol–water partition coefficient (Wildman–Crippen LogP) is 2.57. The number of ether oxygens (including phenoxy) is 1. The molecule has 17 heavy (non-hydrogen) atoms. The van der Waals surface area contributed by atoms with E-state index in [0.29, 0.717) is 5.92 Å². The van der Waals surface area contributed by atoms with E-state index in [1.54, 1.807) is 7.11 Å². The normalized spacial score (nSPS) is 12.5. The van der Waals surface area contributed by atoms with Crippen molar-refractivity contribution < 1.29 is 9.84 Å². The van der Waals surface area contributed by atoms with Crippen LogP contribution in [0.4, 0.5) is 0 Å². The van der Waals surface area contributed by atoms with Crippen molar-refractivity contribution in [2.24, 2.45) is 5.92 Å². The fraction of sp³-hybridized carbons (Fsp3) is 0.538. The SMILES string of the molecule is CCC(CO)CNCc1cc(Br)ccc1OC. The van der Waals surface area contributed by atoms with Crippen LogP contribution in [-0.4, -0.2) is 25.4 Å². The van der Waals surface area contributed by atoms with Gasteiger partial charge in [-0.15, -0.1) is 0 Å². The zero-order valence-corrected chi connectivity index (χ0v) is 12.0. The van der Waals surface area contributed by atoms with Gasteiger partial charge in [0.05, 0.1) is 7.11 Å². The highest BCUT2D eigenvalue weighted by Gasteiger charge is 2.06. The molecule has 0 amide bonds. The first-order valence-electron chi connectivity index (χ1n) is 5.85. The van der Waals surface area contributed by atoms with Crippen molar-refractivity contribution in [3.05, 3.63) is 28.2 Å². The molecule has 0 radical (unpaired) electrons. The van der Waals surface area contributed by atoms with Gasteiger partial charge in [0, 0.05) is 29.7 Å². The minimum absolute atomic E-state index is 0.235. The molecule has 96 valence electrons. The van der Waals surface area contributed by atoms with Crippen molar-refractivity contribution in [1.29, 1.82) is 0 Å². The molecule has 2 N–H and O–H groups in total. The molecule has 0 aliphatic heterocycles. The van der Waals surface area contributed by atoms with Crippen LogP contribution in [0.25, 0.3) is 0 Å². The Bertz CT molecular complexity index is 340. The Balaban J connectivity index is 2.53. The van der Waals surface area contributed by atoms with E-state index in [0.717, 1.165) is 35.3 Å². The number of methoxy groups -OCH3 is 1. The van der Waals surface area contributed by atoms with E-state index in [1.807, 2.05) is 18.2 Å². The topological polar surface area (TPSA) is 41.5 Å². The van der Waals surface area contributed by atoms with Gasteiger partial charge in [0.15, 0.2) is 0 Å². The summed E-state index contributed by atoms with van der Waals surface area (Å²) < 4.78 is 6.35. The van der Waals surface area contributed by atoms with E-state index in [2.05, 4.69) is 28.2 Å². The molecule has 0 saturated heterocycles. The molecular formula is C13H20BrNO2. The molecule has 3 nitrogen and oxygen atoms in total. The highest BCUT2D eigenvalue weighted by atomic mass is 79.9. The minimum atomic E-state index is 0.235. The number of halogens is 1. The van der Waals surface area contributed by atoms with Gasteiger partial charge in [-0.05, 0) is 30.5 Å². The van der Waals surface area contributed by atoms with E-state index in [9.17, 15) is 0 Å². The lowest BCUT2D eigenvalue weighted by atomic mass is 10.1. The molecule has 0 fully saturated rings. The molecule has 0 aromatic heterocycles. The Kier molecular flexibility index (Phi) is 6.55. The second-order valence-electron chi connectivity index (χ2n) is 4.04. The van der Waals surface area contributed by atoms with Crippen molar-refractivity contribution in [3.8, 4) is 5.75 Å². The van der Waals surface area contributed by atoms with Crippen LogP contribution >= 0.6 is 15.9 Å². The first-order valence-corrected chi connectivity index (χ1v) is 6.64. The van der Waals surface area contributed by atoms with Gasteiger partial charge < -0.3 is 15.2 Å². The minimum Gasteiger partial charge on any atom is -0.496 e. The van der Waals surface area contributed by atoms with Gasteiger partial charge in [-0.3, -0.25) is 0 Å². The van der Waals surface area contributed by atoms with Gasteiger partial charge in [-0.1, -0.05) is 22.9 Å². The van der Waals surface area contributed by atoms with Crippen LogP contribution in [0, 0.1) is 5.92 Å². The third-order valence-electron chi connectivity index (χ3n) is 2.83. The van der Waals surface area contributed by atoms with Crippen LogP contribution in [0.1, 0.15) is 18.9 Å². The first kappa shape index (κ1) is 14.5. The lowest BCUT2D eigenvalue weighted by molar-refractivity contribution is 0.218. The van der Waals surface area contributed by atoms with Gasteiger partial charge in [-0.25, -0.2) is 0 Å². The van der Waals surface area contributed by atoms with Gasteiger partial charge in [-0.2, -0.15) is 0 Å². The van der Waals surface area contributed by atoms with E-state index in [-0.39, 0.29) is 6.61 Å². The van der Waals surface area contributed by atoms with Crippen molar-refractivity contribution in [3.63, 3.8) is 0 Å². The highest BCUT2D eigenvalue weighted by Crippen LogP contribution is 2.22. The fourth-order valence-electron chi connectivity index (χ4n) is 1.63. The Hall–Kier alpha value is -0.580.